The van der Waals surface area contributed by atoms with Gasteiger partial charge in [0, 0.05) is 18.6 Å². The first-order valence-corrected chi connectivity index (χ1v) is 5.05. The maximum atomic E-state index is 10.2. The molecule has 0 spiro atoms. The molecular weight excluding hydrogens is 220 g/mol. The first-order valence-electron chi connectivity index (χ1n) is 5.05. The van der Waals surface area contributed by atoms with Crippen molar-refractivity contribution in [2.45, 2.75) is 13.0 Å². The monoisotopic (exact) mass is 232 g/mol. The zero-order chi connectivity index (χ0) is 12.3. The van der Waals surface area contributed by atoms with E-state index in [0.29, 0.717) is 17.2 Å². The summed E-state index contributed by atoms with van der Waals surface area (Å²) in [5.41, 5.74) is 0.810. The Morgan fingerprint density at radius 3 is 2.65 bits per heavy atom. The maximum absolute atomic E-state index is 10.2. The van der Waals surface area contributed by atoms with Gasteiger partial charge in [0.2, 0.25) is 5.88 Å². The van der Waals surface area contributed by atoms with Crippen molar-refractivity contribution in [3.63, 3.8) is 0 Å². The average molecular weight is 232 g/mol. The van der Waals surface area contributed by atoms with Gasteiger partial charge in [0.25, 0.3) is 0 Å². The molecule has 0 bridgehead atoms. The standard InChI is InChI=1S/C11H12N4O2/c1-7-12-4-3-8(15-7)10(16)9-11(17-2)14-6-5-13-9/h3-6,10,16H,1-2H3. The van der Waals surface area contributed by atoms with Crippen molar-refractivity contribution in [3.05, 3.63) is 41.9 Å². The minimum Gasteiger partial charge on any atom is -0.480 e. The van der Waals surface area contributed by atoms with Gasteiger partial charge in [-0.15, -0.1) is 0 Å². The molecule has 1 unspecified atom stereocenters. The number of ether oxygens (including phenoxy) is 1. The molecule has 0 amide bonds. The van der Waals surface area contributed by atoms with Crippen LogP contribution >= 0.6 is 0 Å². The summed E-state index contributed by atoms with van der Waals surface area (Å²) in [6.07, 6.45) is 3.61. The molecule has 88 valence electrons. The Bertz CT molecular complexity index is 518. The Morgan fingerprint density at radius 2 is 1.94 bits per heavy atom. The molecule has 1 N–H and O–H groups in total. The SMILES string of the molecule is COc1nccnc1C(O)c1ccnc(C)n1. The van der Waals surface area contributed by atoms with Gasteiger partial charge in [-0.3, -0.25) is 4.98 Å². The van der Waals surface area contributed by atoms with Crippen LogP contribution in [0.5, 0.6) is 5.88 Å². The molecule has 6 nitrogen and oxygen atoms in total. The van der Waals surface area contributed by atoms with E-state index in [-0.39, 0.29) is 5.88 Å². The predicted molar refractivity (Wildman–Crippen MR) is 59.4 cm³/mol. The van der Waals surface area contributed by atoms with Gasteiger partial charge in [0.1, 0.15) is 17.6 Å². The van der Waals surface area contributed by atoms with Crippen LogP contribution in [0.25, 0.3) is 0 Å². The summed E-state index contributed by atoms with van der Waals surface area (Å²) < 4.78 is 5.04. The fraction of sp³-hybridized carbons (Fsp3) is 0.273. The lowest BCUT2D eigenvalue weighted by molar-refractivity contribution is 0.202. The van der Waals surface area contributed by atoms with Gasteiger partial charge in [-0.1, -0.05) is 0 Å². The summed E-state index contributed by atoms with van der Waals surface area (Å²) in [5.74, 6) is 0.876. The molecule has 2 heterocycles. The highest BCUT2D eigenvalue weighted by molar-refractivity contribution is 5.26. The lowest BCUT2D eigenvalue weighted by Crippen LogP contribution is -2.08. The first-order chi connectivity index (χ1) is 8.22. The van der Waals surface area contributed by atoms with Crippen LogP contribution in [0.15, 0.2) is 24.7 Å². The Hall–Kier alpha value is -2.08. The van der Waals surface area contributed by atoms with Crippen molar-refractivity contribution in [2.75, 3.05) is 7.11 Å². The largest absolute Gasteiger partial charge is 0.480 e. The molecule has 0 saturated heterocycles. The number of aromatic nitrogens is 4. The molecule has 2 aromatic heterocycles. The van der Waals surface area contributed by atoms with Gasteiger partial charge >= 0.3 is 0 Å². The van der Waals surface area contributed by atoms with Crippen molar-refractivity contribution >= 4 is 0 Å². The highest BCUT2D eigenvalue weighted by Gasteiger charge is 2.19. The summed E-state index contributed by atoms with van der Waals surface area (Å²) in [6.45, 7) is 1.75. The van der Waals surface area contributed by atoms with Crippen LogP contribution in [0.1, 0.15) is 23.3 Å². The van der Waals surface area contributed by atoms with Gasteiger partial charge in [-0.25, -0.2) is 15.0 Å². The molecule has 0 aliphatic heterocycles. The summed E-state index contributed by atoms with van der Waals surface area (Å²) in [5, 5.41) is 10.2. The molecule has 0 aliphatic carbocycles. The van der Waals surface area contributed by atoms with E-state index in [2.05, 4.69) is 19.9 Å². The molecule has 0 aliphatic rings. The van der Waals surface area contributed by atoms with E-state index in [1.807, 2.05) is 0 Å². The number of methoxy groups -OCH3 is 1. The van der Waals surface area contributed by atoms with E-state index in [0.717, 1.165) is 0 Å². The highest BCUT2D eigenvalue weighted by Crippen LogP contribution is 2.24. The molecule has 0 aromatic carbocycles. The van der Waals surface area contributed by atoms with Gasteiger partial charge < -0.3 is 9.84 Å². The van der Waals surface area contributed by atoms with E-state index in [9.17, 15) is 5.11 Å². The topological polar surface area (TPSA) is 81.0 Å². The van der Waals surface area contributed by atoms with E-state index >= 15 is 0 Å². The third-order valence-corrected chi connectivity index (χ3v) is 2.22. The highest BCUT2D eigenvalue weighted by atomic mass is 16.5. The normalized spacial score (nSPS) is 12.2. The Balaban J connectivity index is 2.40. The number of aryl methyl sites for hydroxylation is 1. The summed E-state index contributed by atoms with van der Waals surface area (Å²) in [7, 11) is 1.48. The minimum absolute atomic E-state index is 0.288. The zero-order valence-corrected chi connectivity index (χ0v) is 9.53. The van der Waals surface area contributed by atoms with Gasteiger partial charge in [0.15, 0.2) is 0 Å². The number of aliphatic hydroxyl groups excluding tert-OH is 1. The second-order valence-electron chi connectivity index (χ2n) is 3.38. The van der Waals surface area contributed by atoms with Crippen molar-refractivity contribution in [2.24, 2.45) is 0 Å². The zero-order valence-electron chi connectivity index (χ0n) is 9.53. The molecule has 1 atom stereocenters. The minimum atomic E-state index is -0.972. The van der Waals surface area contributed by atoms with Crippen LogP contribution in [0.4, 0.5) is 0 Å². The van der Waals surface area contributed by atoms with Crippen LogP contribution in [0.3, 0.4) is 0 Å². The first kappa shape index (κ1) is 11.4. The van der Waals surface area contributed by atoms with E-state index in [1.165, 1.54) is 19.5 Å². The predicted octanol–water partition coefficient (Wildman–Crippen LogP) is 0.665. The number of hydrogen-bond donors (Lipinski definition) is 1. The van der Waals surface area contributed by atoms with Crippen LogP contribution < -0.4 is 4.74 Å². The third kappa shape index (κ3) is 2.36. The van der Waals surface area contributed by atoms with Crippen LogP contribution in [-0.4, -0.2) is 32.2 Å². The molecule has 17 heavy (non-hydrogen) atoms. The van der Waals surface area contributed by atoms with E-state index < -0.39 is 6.10 Å². The molecule has 6 heteroatoms. The summed E-state index contributed by atoms with van der Waals surface area (Å²) in [4.78, 5) is 16.1. The number of nitrogens with zero attached hydrogens (tertiary/aromatic N) is 4. The van der Waals surface area contributed by atoms with Crippen molar-refractivity contribution in [1.29, 1.82) is 0 Å². The Kier molecular flexibility index (Phi) is 3.24. The second-order valence-corrected chi connectivity index (χ2v) is 3.38. The fourth-order valence-corrected chi connectivity index (χ4v) is 1.45. The molecule has 2 rings (SSSR count). The molecule has 0 fully saturated rings. The molecular formula is C11H12N4O2. The van der Waals surface area contributed by atoms with Crippen LogP contribution in [-0.2, 0) is 0 Å². The lowest BCUT2D eigenvalue weighted by atomic mass is 10.2. The van der Waals surface area contributed by atoms with Crippen molar-refractivity contribution in [1.82, 2.24) is 19.9 Å². The van der Waals surface area contributed by atoms with Gasteiger partial charge in [0.05, 0.1) is 12.8 Å². The summed E-state index contributed by atoms with van der Waals surface area (Å²) >= 11 is 0. The van der Waals surface area contributed by atoms with Crippen molar-refractivity contribution in [3.8, 4) is 5.88 Å². The van der Waals surface area contributed by atoms with Gasteiger partial charge in [-0.05, 0) is 13.0 Å². The van der Waals surface area contributed by atoms with Crippen LogP contribution in [0.2, 0.25) is 0 Å². The molecule has 2 aromatic rings. The van der Waals surface area contributed by atoms with E-state index in [1.54, 1.807) is 19.2 Å². The smallest absolute Gasteiger partial charge is 0.238 e. The fourth-order valence-electron chi connectivity index (χ4n) is 1.45. The number of rotatable bonds is 3. The molecule has 0 radical (unpaired) electrons. The third-order valence-electron chi connectivity index (χ3n) is 2.22. The van der Waals surface area contributed by atoms with E-state index in [4.69, 9.17) is 4.74 Å². The van der Waals surface area contributed by atoms with Crippen LogP contribution in [0, 0.1) is 6.92 Å². The number of hydrogen-bond acceptors (Lipinski definition) is 6. The second kappa shape index (κ2) is 4.84. The van der Waals surface area contributed by atoms with Gasteiger partial charge in [-0.2, -0.15) is 0 Å². The molecule has 0 saturated carbocycles. The van der Waals surface area contributed by atoms with Crippen molar-refractivity contribution < 1.29 is 9.84 Å². The Labute approximate surface area is 98.4 Å². The summed E-state index contributed by atoms with van der Waals surface area (Å²) in [6, 6.07) is 1.63. The maximum Gasteiger partial charge on any atom is 0.238 e. The number of aliphatic hydroxyl groups is 1. The Morgan fingerprint density at radius 1 is 1.18 bits per heavy atom. The quantitative estimate of drug-likeness (QED) is 0.837. The lowest BCUT2D eigenvalue weighted by Gasteiger charge is -2.11. The average Bonchev–Trinajstić information content (AvgIpc) is 2.38.